The molecule has 0 saturated carbocycles. The van der Waals surface area contributed by atoms with Crippen molar-refractivity contribution in [2.24, 2.45) is 5.10 Å². The van der Waals surface area contributed by atoms with Crippen molar-refractivity contribution >= 4 is 28.6 Å². The van der Waals surface area contributed by atoms with Gasteiger partial charge in [-0.05, 0) is 17.0 Å². The van der Waals surface area contributed by atoms with E-state index in [1.807, 2.05) is 17.5 Å². The predicted molar refractivity (Wildman–Crippen MR) is 87.9 cm³/mol. The van der Waals surface area contributed by atoms with Gasteiger partial charge >= 0.3 is 0 Å². The first-order chi connectivity index (χ1) is 11.5. The first kappa shape index (κ1) is 16.1. The average molecular weight is 344 g/mol. The third kappa shape index (κ3) is 2.88. The number of rotatable bonds is 4. The van der Waals surface area contributed by atoms with Crippen molar-refractivity contribution < 1.29 is 14.8 Å². The van der Waals surface area contributed by atoms with E-state index >= 15 is 0 Å². The fraction of sp³-hybridized carbons (Fsp3) is 0.250. The van der Waals surface area contributed by atoms with Crippen molar-refractivity contribution in [3.05, 3.63) is 56.3 Å². The highest BCUT2D eigenvalue weighted by Gasteiger charge is 2.33. The van der Waals surface area contributed by atoms with Crippen LogP contribution in [0.3, 0.4) is 0 Å². The highest BCUT2D eigenvalue weighted by molar-refractivity contribution is 7.12. The van der Waals surface area contributed by atoms with Gasteiger partial charge < -0.3 is 5.11 Å². The fourth-order valence-corrected chi connectivity index (χ4v) is 3.37. The zero-order valence-electron chi connectivity index (χ0n) is 12.8. The summed E-state index contributed by atoms with van der Waals surface area (Å²) in [6.45, 7) is 1.71. The van der Waals surface area contributed by atoms with Crippen LogP contribution in [-0.2, 0) is 4.79 Å². The van der Waals surface area contributed by atoms with Crippen LogP contribution >= 0.6 is 11.3 Å². The van der Waals surface area contributed by atoms with E-state index in [4.69, 9.17) is 0 Å². The van der Waals surface area contributed by atoms with Gasteiger partial charge in [0.15, 0.2) is 0 Å². The molecule has 1 aliphatic heterocycles. The topological polar surface area (TPSA) is 98.9 Å². The number of carbonyl (C=O) groups excluding carboxylic acids is 1. The molecule has 1 atom stereocenters. The molecule has 1 aliphatic rings. The Morgan fingerprint density at radius 1 is 1.46 bits per heavy atom. The lowest BCUT2D eigenvalue weighted by Gasteiger charge is -2.25. The van der Waals surface area contributed by atoms with E-state index in [0.717, 1.165) is 4.88 Å². The Labute approximate surface area is 142 Å². The van der Waals surface area contributed by atoms with Gasteiger partial charge in [0.05, 0.1) is 21.6 Å². The van der Waals surface area contributed by atoms with E-state index in [0.29, 0.717) is 12.1 Å². The summed E-state index contributed by atoms with van der Waals surface area (Å²) in [7, 11) is 0. The number of hydrogen-bond donors (Lipinski definition) is 0. The Morgan fingerprint density at radius 3 is 2.88 bits per heavy atom. The first-order valence-electron chi connectivity index (χ1n) is 7.40. The number of non-ortho nitro benzene ring substituents is 1. The second-order valence-electron chi connectivity index (χ2n) is 5.32. The summed E-state index contributed by atoms with van der Waals surface area (Å²) >= 11 is 1.50. The molecule has 0 bridgehead atoms. The van der Waals surface area contributed by atoms with Crippen molar-refractivity contribution in [2.75, 3.05) is 0 Å². The van der Waals surface area contributed by atoms with Crippen LogP contribution in [0.25, 0.3) is 0 Å². The first-order valence-corrected chi connectivity index (χ1v) is 8.28. The molecule has 1 aromatic heterocycles. The number of amides is 1. The lowest BCUT2D eigenvalue weighted by molar-refractivity contribution is -0.385. The van der Waals surface area contributed by atoms with Gasteiger partial charge in [0.1, 0.15) is 0 Å². The monoisotopic (exact) mass is 344 g/mol. The summed E-state index contributed by atoms with van der Waals surface area (Å²) in [6, 6.07) is 6.76. The SMILES string of the molecule is CCC(=O)N1N=C(c2cccs2)C[C@@H]1c1cc([N+](=O)[O-])ccc1[O-]. The molecule has 1 amide bonds. The minimum absolute atomic E-state index is 0.168. The summed E-state index contributed by atoms with van der Waals surface area (Å²) in [5, 5.41) is 30.8. The molecule has 2 heterocycles. The number of nitro benzene ring substituents is 1. The maximum Gasteiger partial charge on any atom is 0.269 e. The van der Waals surface area contributed by atoms with E-state index in [2.05, 4.69) is 5.10 Å². The number of hydrogen-bond acceptors (Lipinski definition) is 6. The van der Waals surface area contributed by atoms with Crippen molar-refractivity contribution in [1.82, 2.24) is 5.01 Å². The van der Waals surface area contributed by atoms with Crippen LogP contribution in [0.15, 0.2) is 40.8 Å². The zero-order chi connectivity index (χ0) is 17.3. The van der Waals surface area contributed by atoms with Crippen LogP contribution in [0.2, 0.25) is 0 Å². The maximum atomic E-state index is 12.2. The predicted octanol–water partition coefficient (Wildman–Crippen LogP) is 2.82. The molecule has 0 aliphatic carbocycles. The van der Waals surface area contributed by atoms with Gasteiger partial charge in [-0.3, -0.25) is 14.9 Å². The van der Waals surface area contributed by atoms with E-state index in [-0.39, 0.29) is 29.3 Å². The van der Waals surface area contributed by atoms with Gasteiger partial charge in [-0.25, -0.2) is 5.01 Å². The molecule has 3 rings (SSSR count). The second kappa shape index (κ2) is 6.40. The van der Waals surface area contributed by atoms with Crippen LogP contribution in [0.4, 0.5) is 5.69 Å². The van der Waals surface area contributed by atoms with Gasteiger partial charge in [-0.2, -0.15) is 5.10 Å². The van der Waals surface area contributed by atoms with Crippen molar-refractivity contribution in [3.8, 4) is 5.75 Å². The Morgan fingerprint density at radius 2 is 2.25 bits per heavy atom. The molecular formula is C16H14N3O4S-. The minimum atomic E-state index is -0.609. The molecule has 1 aromatic carbocycles. The van der Waals surface area contributed by atoms with Gasteiger partial charge in [-0.15, -0.1) is 17.1 Å². The molecule has 8 heteroatoms. The van der Waals surface area contributed by atoms with Gasteiger partial charge in [0.25, 0.3) is 5.69 Å². The molecule has 0 N–H and O–H groups in total. The lowest BCUT2D eigenvalue weighted by atomic mass is 9.99. The molecule has 124 valence electrons. The number of nitro groups is 1. The standard InChI is InChI=1S/C16H15N3O4S/c1-2-16(21)18-13(9-12(17-18)15-4-3-7-24-15)11-8-10(19(22)23)5-6-14(11)20/h3-8,13,20H,2,9H2,1H3/p-1/t13-/m1/s1. The highest BCUT2D eigenvalue weighted by atomic mass is 32.1. The van der Waals surface area contributed by atoms with E-state index in [9.17, 15) is 20.0 Å². The van der Waals surface area contributed by atoms with E-state index in [1.54, 1.807) is 6.92 Å². The van der Waals surface area contributed by atoms with Crippen LogP contribution in [0.5, 0.6) is 5.75 Å². The Bertz CT molecular complexity index is 817. The van der Waals surface area contributed by atoms with Gasteiger partial charge in [0, 0.05) is 25.0 Å². The molecule has 24 heavy (non-hydrogen) atoms. The van der Waals surface area contributed by atoms with E-state index in [1.165, 1.54) is 34.5 Å². The summed E-state index contributed by atoms with van der Waals surface area (Å²) in [4.78, 5) is 23.6. The number of nitrogens with zero attached hydrogens (tertiary/aromatic N) is 3. The Hall–Kier alpha value is -2.74. The fourth-order valence-electron chi connectivity index (χ4n) is 2.65. The third-order valence-electron chi connectivity index (χ3n) is 3.84. The number of hydrazone groups is 1. The van der Waals surface area contributed by atoms with Gasteiger partial charge in [-0.1, -0.05) is 19.1 Å². The third-order valence-corrected chi connectivity index (χ3v) is 4.76. The molecule has 2 aromatic rings. The number of benzene rings is 1. The Kier molecular flexibility index (Phi) is 4.30. The summed E-state index contributed by atoms with van der Waals surface area (Å²) in [5.41, 5.74) is 0.766. The smallest absolute Gasteiger partial charge is 0.269 e. The molecule has 0 unspecified atom stereocenters. The number of thiophene rings is 1. The minimum Gasteiger partial charge on any atom is -0.872 e. The van der Waals surface area contributed by atoms with E-state index < -0.39 is 11.0 Å². The van der Waals surface area contributed by atoms with Crippen LogP contribution in [-0.4, -0.2) is 21.6 Å². The number of carbonyl (C=O) groups is 1. The maximum absolute atomic E-state index is 12.2. The van der Waals surface area contributed by atoms with Crippen LogP contribution in [0, 0.1) is 10.1 Å². The van der Waals surface area contributed by atoms with Crippen LogP contribution in [0.1, 0.15) is 36.2 Å². The average Bonchev–Trinajstić information content (AvgIpc) is 3.23. The molecule has 7 nitrogen and oxygen atoms in total. The summed E-state index contributed by atoms with van der Waals surface area (Å²) in [6.07, 6.45) is 0.601. The largest absolute Gasteiger partial charge is 0.872 e. The van der Waals surface area contributed by atoms with Crippen molar-refractivity contribution in [2.45, 2.75) is 25.8 Å². The summed E-state index contributed by atoms with van der Waals surface area (Å²) in [5.74, 6) is -0.556. The molecule has 0 radical (unpaired) electrons. The highest BCUT2D eigenvalue weighted by Crippen LogP contribution is 2.38. The molecule has 0 fully saturated rings. The molecule has 0 saturated heterocycles. The summed E-state index contributed by atoms with van der Waals surface area (Å²) < 4.78 is 0. The molecule has 0 spiro atoms. The molecular weight excluding hydrogens is 330 g/mol. The Balaban J connectivity index is 2.02. The van der Waals surface area contributed by atoms with Crippen LogP contribution < -0.4 is 5.11 Å². The normalized spacial score (nSPS) is 17.0. The quantitative estimate of drug-likeness (QED) is 0.629. The van der Waals surface area contributed by atoms with Crippen molar-refractivity contribution in [3.63, 3.8) is 0 Å². The van der Waals surface area contributed by atoms with Crippen molar-refractivity contribution in [1.29, 1.82) is 0 Å². The second-order valence-corrected chi connectivity index (χ2v) is 6.26. The lowest BCUT2D eigenvalue weighted by Crippen LogP contribution is -2.26. The zero-order valence-corrected chi connectivity index (χ0v) is 13.7. The van der Waals surface area contributed by atoms with Gasteiger partial charge in [0.2, 0.25) is 5.91 Å².